The fourth-order valence-electron chi connectivity index (χ4n) is 3.43. The van der Waals surface area contributed by atoms with Crippen molar-refractivity contribution in [3.63, 3.8) is 0 Å². The number of anilines is 1. The highest BCUT2D eigenvalue weighted by Gasteiger charge is 2.28. The highest BCUT2D eigenvalue weighted by atomic mass is 32.2. The molecule has 0 amide bonds. The number of rotatable bonds is 8. The van der Waals surface area contributed by atoms with E-state index >= 15 is 0 Å². The fraction of sp³-hybridized carbons (Fsp3) is 0.333. The summed E-state index contributed by atoms with van der Waals surface area (Å²) in [5.41, 5.74) is 1.78. The number of esters is 1. The molecule has 1 aromatic carbocycles. The first-order valence-electron chi connectivity index (χ1n) is 10.0. The summed E-state index contributed by atoms with van der Waals surface area (Å²) in [6.45, 7) is 4.47. The number of H-pyrrole nitrogens is 1. The number of carbonyl (C=O) groups is 1. The molecule has 10 heteroatoms. The van der Waals surface area contributed by atoms with Crippen molar-refractivity contribution in [1.82, 2.24) is 4.98 Å². The van der Waals surface area contributed by atoms with Crippen LogP contribution in [0.15, 0.2) is 51.0 Å². The molecule has 3 heterocycles. The number of aliphatic imine (C=N–C) groups is 1. The number of carbonyl (C=O) groups excluding carboxylic acids is 1. The lowest BCUT2D eigenvalue weighted by Gasteiger charge is -2.22. The van der Waals surface area contributed by atoms with Crippen LogP contribution in [0.3, 0.4) is 0 Å². The van der Waals surface area contributed by atoms with Crippen molar-refractivity contribution in [2.45, 2.75) is 36.3 Å². The van der Waals surface area contributed by atoms with Gasteiger partial charge in [0.1, 0.15) is 9.25 Å². The Hall–Kier alpha value is -2.30. The van der Waals surface area contributed by atoms with Gasteiger partial charge in [-0.15, -0.1) is 11.3 Å². The number of nitrogens with zero attached hydrogens (tertiary/aromatic N) is 2. The van der Waals surface area contributed by atoms with Gasteiger partial charge in [-0.3, -0.25) is 14.1 Å². The zero-order chi connectivity index (χ0) is 22.0. The van der Waals surface area contributed by atoms with Crippen molar-refractivity contribution in [3.8, 4) is 0 Å². The van der Waals surface area contributed by atoms with E-state index in [0.717, 1.165) is 28.1 Å². The first kappa shape index (κ1) is 21.9. The van der Waals surface area contributed by atoms with Gasteiger partial charge < -0.3 is 9.72 Å². The molecule has 1 aliphatic heterocycles. The zero-order valence-corrected chi connectivity index (χ0v) is 19.6. The third kappa shape index (κ3) is 4.37. The third-order valence-corrected chi connectivity index (χ3v) is 9.15. The molecule has 4 rings (SSSR count). The first-order chi connectivity index (χ1) is 14.9. The number of sulfonamides is 1. The third-order valence-electron chi connectivity index (χ3n) is 4.80. The predicted molar refractivity (Wildman–Crippen MR) is 127 cm³/mol. The molecular formula is C21H23N3O4S3. The number of aromatic amines is 1. The maximum absolute atomic E-state index is 13.2. The second-order valence-corrected chi connectivity index (χ2v) is 11.1. The molecule has 0 radical (unpaired) electrons. The summed E-state index contributed by atoms with van der Waals surface area (Å²) in [4.78, 5) is 19.6. The molecule has 0 saturated heterocycles. The molecule has 3 aromatic rings. The minimum atomic E-state index is -3.65. The van der Waals surface area contributed by atoms with Crippen molar-refractivity contribution >= 4 is 60.7 Å². The Labute approximate surface area is 189 Å². The van der Waals surface area contributed by atoms with E-state index in [1.165, 1.54) is 27.4 Å². The number of para-hydroxylation sites is 1. The molecule has 31 heavy (non-hydrogen) atoms. The molecule has 1 unspecified atom stereocenters. The van der Waals surface area contributed by atoms with Crippen molar-refractivity contribution < 1.29 is 17.9 Å². The van der Waals surface area contributed by atoms with Crippen LogP contribution in [-0.2, 0) is 19.6 Å². The van der Waals surface area contributed by atoms with E-state index in [1.54, 1.807) is 23.6 Å². The van der Waals surface area contributed by atoms with Crippen molar-refractivity contribution in [3.05, 3.63) is 47.5 Å². The van der Waals surface area contributed by atoms with Crippen molar-refractivity contribution in [2.75, 3.05) is 17.4 Å². The van der Waals surface area contributed by atoms with Gasteiger partial charge in [0.2, 0.25) is 0 Å². The Balaban J connectivity index is 1.63. The molecule has 2 aromatic heterocycles. The van der Waals surface area contributed by atoms with E-state index < -0.39 is 10.0 Å². The lowest BCUT2D eigenvalue weighted by Crippen LogP contribution is -2.30. The molecule has 164 valence electrons. The summed E-state index contributed by atoms with van der Waals surface area (Å²) in [6.07, 6.45) is 1.14. The van der Waals surface area contributed by atoms with Crippen LogP contribution in [-0.4, -0.2) is 42.9 Å². The number of hydrogen-bond donors (Lipinski definition) is 1. The van der Waals surface area contributed by atoms with Gasteiger partial charge >= 0.3 is 5.97 Å². The number of ether oxygens (including phenoxy) is 1. The first-order valence-corrected chi connectivity index (χ1v) is 13.2. The molecule has 0 spiro atoms. The topological polar surface area (TPSA) is 91.8 Å². The zero-order valence-electron chi connectivity index (χ0n) is 17.2. The van der Waals surface area contributed by atoms with Gasteiger partial charge in [-0.1, -0.05) is 36.9 Å². The SMILES string of the molecule is CCCC(=O)OC1CN=C(c2cc3cccc(N(CC)S(=O)(=O)c4cccs4)c3[nH]2)S1. The Morgan fingerprint density at radius 2 is 2.13 bits per heavy atom. The molecular weight excluding hydrogens is 454 g/mol. The summed E-state index contributed by atoms with van der Waals surface area (Å²) in [7, 11) is -3.65. The van der Waals surface area contributed by atoms with Gasteiger partial charge in [0.25, 0.3) is 10.0 Å². The number of thiophene rings is 1. The van der Waals surface area contributed by atoms with Crippen LogP contribution in [0, 0.1) is 0 Å². The second-order valence-electron chi connectivity index (χ2n) is 6.96. The highest BCUT2D eigenvalue weighted by molar-refractivity contribution is 8.15. The predicted octanol–water partition coefficient (Wildman–Crippen LogP) is 4.61. The second kappa shape index (κ2) is 9.05. The Kier molecular flexibility index (Phi) is 6.40. The number of aromatic nitrogens is 1. The van der Waals surface area contributed by atoms with Crippen LogP contribution < -0.4 is 4.31 Å². The number of thioether (sulfide) groups is 1. The maximum atomic E-state index is 13.2. The van der Waals surface area contributed by atoms with Crippen LogP contribution in [0.4, 0.5) is 5.69 Å². The maximum Gasteiger partial charge on any atom is 0.306 e. The fourth-order valence-corrected chi connectivity index (χ4v) is 6.96. The molecule has 1 N–H and O–H groups in total. The van der Waals surface area contributed by atoms with E-state index in [-0.39, 0.29) is 11.4 Å². The van der Waals surface area contributed by atoms with E-state index in [4.69, 9.17) is 4.74 Å². The van der Waals surface area contributed by atoms with Gasteiger partial charge in [-0.05, 0) is 36.9 Å². The Morgan fingerprint density at radius 1 is 1.29 bits per heavy atom. The average molecular weight is 478 g/mol. The minimum Gasteiger partial charge on any atom is -0.449 e. The molecule has 0 saturated carbocycles. The summed E-state index contributed by atoms with van der Waals surface area (Å²) in [6, 6.07) is 10.9. The van der Waals surface area contributed by atoms with Crippen molar-refractivity contribution in [2.24, 2.45) is 4.99 Å². The van der Waals surface area contributed by atoms with Gasteiger partial charge in [-0.25, -0.2) is 8.42 Å². The number of hydrogen-bond acceptors (Lipinski definition) is 7. The van der Waals surface area contributed by atoms with Crippen LogP contribution >= 0.6 is 23.1 Å². The standard InChI is InChI=1S/C21H23N3O4S3/c1-3-7-17(25)28-18-13-22-21(30-18)15-12-14-8-5-9-16(20(14)23-15)24(4-2)31(26,27)19-10-6-11-29-19/h5-6,8-12,18,23H,3-4,7,13H2,1-2H3. The normalized spacial score (nSPS) is 16.5. The largest absolute Gasteiger partial charge is 0.449 e. The summed E-state index contributed by atoms with van der Waals surface area (Å²) >= 11 is 2.61. The Morgan fingerprint density at radius 3 is 2.84 bits per heavy atom. The van der Waals surface area contributed by atoms with E-state index in [9.17, 15) is 13.2 Å². The van der Waals surface area contributed by atoms with Gasteiger partial charge in [0, 0.05) is 18.4 Å². The number of fused-ring (bicyclic) bond motifs is 1. The van der Waals surface area contributed by atoms with E-state index in [1.807, 2.05) is 32.0 Å². The van der Waals surface area contributed by atoms with Crippen LogP contribution in [0.1, 0.15) is 32.4 Å². The molecule has 7 nitrogen and oxygen atoms in total. The van der Waals surface area contributed by atoms with E-state index in [0.29, 0.717) is 29.4 Å². The number of benzene rings is 1. The van der Waals surface area contributed by atoms with E-state index in [2.05, 4.69) is 9.98 Å². The van der Waals surface area contributed by atoms with Crippen molar-refractivity contribution in [1.29, 1.82) is 0 Å². The highest BCUT2D eigenvalue weighted by Crippen LogP contribution is 2.34. The van der Waals surface area contributed by atoms with Gasteiger partial charge in [0.05, 0.1) is 23.4 Å². The average Bonchev–Trinajstić information content (AvgIpc) is 3.49. The molecule has 0 fully saturated rings. The lowest BCUT2D eigenvalue weighted by atomic mass is 10.2. The van der Waals surface area contributed by atoms with Gasteiger partial charge in [-0.2, -0.15) is 0 Å². The monoisotopic (exact) mass is 477 g/mol. The molecule has 1 aliphatic rings. The summed E-state index contributed by atoms with van der Waals surface area (Å²) in [5, 5.41) is 3.40. The van der Waals surface area contributed by atoms with Crippen LogP contribution in [0.2, 0.25) is 0 Å². The van der Waals surface area contributed by atoms with Crippen LogP contribution in [0.5, 0.6) is 0 Å². The summed E-state index contributed by atoms with van der Waals surface area (Å²) < 4.78 is 33.5. The molecule has 1 atom stereocenters. The minimum absolute atomic E-state index is 0.215. The van der Waals surface area contributed by atoms with Gasteiger partial charge in [0.15, 0.2) is 5.44 Å². The molecule has 0 bridgehead atoms. The Bertz CT molecular complexity index is 1220. The number of nitrogens with one attached hydrogen (secondary N) is 1. The quantitative estimate of drug-likeness (QED) is 0.479. The lowest BCUT2D eigenvalue weighted by molar-refractivity contribution is -0.144. The smallest absolute Gasteiger partial charge is 0.306 e. The summed E-state index contributed by atoms with van der Waals surface area (Å²) in [5.74, 6) is -0.215. The molecule has 0 aliphatic carbocycles. The van der Waals surface area contributed by atoms with Crippen LogP contribution in [0.25, 0.3) is 10.9 Å².